The molecule has 1 aromatic heterocycles. The zero-order valence-corrected chi connectivity index (χ0v) is 10.7. The van der Waals surface area contributed by atoms with Crippen LogP contribution in [0, 0.1) is 5.92 Å². The summed E-state index contributed by atoms with van der Waals surface area (Å²) in [4.78, 5) is 0. The molecule has 0 saturated heterocycles. The van der Waals surface area contributed by atoms with Gasteiger partial charge in [0.05, 0.1) is 0 Å². The third kappa shape index (κ3) is 1.99. The lowest BCUT2D eigenvalue weighted by molar-refractivity contribution is 0.534. The van der Waals surface area contributed by atoms with Crippen molar-refractivity contribution in [3.05, 3.63) is 36.0 Å². The van der Waals surface area contributed by atoms with E-state index in [1.54, 1.807) is 0 Å². The maximum atomic E-state index is 2.40. The van der Waals surface area contributed by atoms with Crippen LogP contribution < -0.4 is 0 Å². The molecule has 0 N–H and O–H groups in total. The zero-order valence-electron chi connectivity index (χ0n) is 10.7. The minimum Gasteiger partial charge on any atom is -0.347 e. The van der Waals surface area contributed by atoms with Gasteiger partial charge in [0.15, 0.2) is 0 Å². The van der Waals surface area contributed by atoms with Gasteiger partial charge in [-0.1, -0.05) is 45.9 Å². The van der Waals surface area contributed by atoms with Crippen molar-refractivity contribution in [2.45, 2.75) is 40.2 Å². The third-order valence-corrected chi connectivity index (χ3v) is 3.00. The fourth-order valence-corrected chi connectivity index (χ4v) is 2.28. The van der Waals surface area contributed by atoms with Crippen molar-refractivity contribution in [1.82, 2.24) is 4.57 Å². The molecule has 2 rings (SSSR count). The molecule has 1 heteroatoms. The Kier molecular flexibility index (Phi) is 3.04. The lowest BCUT2D eigenvalue weighted by Crippen LogP contribution is -2.02. The van der Waals surface area contributed by atoms with Gasteiger partial charge in [0.25, 0.3) is 0 Å². The standard InChI is InChI=1S/C15H21N/c1-11(2)9-16-10-14(12(3)4)13-7-5-6-8-15(13)16/h5-8,10-12H,9H2,1-4H3. The first-order chi connectivity index (χ1) is 7.59. The first-order valence-corrected chi connectivity index (χ1v) is 6.17. The highest BCUT2D eigenvalue weighted by Crippen LogP contribution is 2.27. The second kappa shape index (κ2) is 4.32. The van der Waals surface area contributed by atoms with Gasteiger partial charge in [0.2, 0.25) is 0 Å². The van der Waals surface area contributed by atoms with E-state index in [2.05, 4.69) is 62.7 Å². The van der Waals surface area contributed by atoms with E-state index in [9.17, 15) is 0 Å². The molecule has 0 fully saturated rings. The molecular weight excluding hydrogens is 194 g/mol. The molecule has 1 aromatic carbocycles. The Hall–Kier alpha value is -1.24. The number of fused-ring (bicyclic) bond motifs is 1. The number of para-hydroxylation sites is 1. The summed E-state index contributed by atoms with van der Waals surface area (Å²) in [5.74, 6) is 1.29. The van der Waals surface area contributed by atoms with Crippen LogP contribution in [0.25, 0.3) is 10.9 Å². The second-order valence-corrected chi connectivity index (χ2v) is 5.30. The van der Waals surface area contributed by atoms with Gasteiger partial charge < -0.3 is 4.57 Å². The van der Waals surface area contributed by atoms with Gasteiger partial charge in [0.1, 0.15) is 0 Å². The van der Waals surface area contributed by atoms with Gasteiger partial charge in [-0.25, -0.2) is 0 Å². The molecule has 86 valence electrons. The molecule has 0 aliphatic rings. The molecule has 0 unspecified atom stereocenters. The molecule has 0 amide bonds. The van der Waals surface area contributed by atoms with E-state index in [0.29, 0.717) is 11.8 Å². The fraction of sp³-hybridized carbons (Fsp3) is 0.467. The van der Waals surface area contributed by atoms with E-state index in [1.807, 2.05) is 0 Å². The monoisotopic (exact) mass is 215 g/mol. The van der Waals surface area contributed by atoms with Crippen LogP contribution in [0.5, 0.6) is 0 Å². The number of hydrogen-bond donors (Lipinski definition) is 0. The molecule has 1 nitrogen and oxygen atoms in total. The number of aromatic nitrogens is 1. The fourth-order valence-electron chi connectivity index (χ4n) is 2.28. The number of nitrogens with zero attached hydrogens (tertiary/aromatic N) is 1. The maximum Gasteiger partial charge on any atom is 0.0483 e. The predicted molar refractivity (Wildman–Crippen MR) is 70.9 cm³/mol. The average Bonchev–Trinajstić information content (AvgIpc) is 2.57. The molecule has 0 bridgehead atoms. The minimum atomic E-state index is 0.596. The average molecular weight is 215 g/mol. The van der Waals surface area contributed by atoms with Crippen molar-refractivity contribution in [2.75, 3.05) is 0 Å². The van der Waals surface area contributed by atoms with Crippen LogP contribution >= 0.6 is 0 Å². The van der Waals surface area contributed by atoms with E-state index >= 15 is 0 Å². The number of rotatable bonds is 3. The van der Waals surface area contributed by atoms with E-state index < -0.39 is 0 Å². The normalized spacial score (nSPS) is 11.9. The Morgan fingerprint density at radius 2 is 1.75 bits per heavy atom. The number of benzene rings is 1. The summed E-state index contributed by atoms with van der Waals surface area (Å²) in [5, 5.41) is 1.41. The van der Waals surface area contributed by atoms with Crippen LogP contribution in [0.1, 0.15) is 39.2 Å². The van der Waals surface area contributed by atoms with Gasteiger partial charge in [-0.3, -0.25) is 0 Å². The zero-order chi connectivity index (χ0) is 11.7. The summed E-state index contributed by atoms with van der Waals surface area (Å²) in [6.45, 7) is 10.2. The Labute approximate surface area is 98.1 Å². The molecule has 0 aliphatic carbocycles. The Morgan fingerprint density at radius 3 is 2.38 bits per heavy atom. The summed E-state index contributed by atoms with van der Waals surface area (Å²) in [6, 6.07) is 8.72. The van der Waals surface area contributed by atoms with Gasteiger partial charge in [-0.2, -0.15) is 0 Å². The van der Waals surface area contributed by atoms with Crippen molar-refractivity contribution >= 4 is 10.9 Å². The van der Waals surface area contributed by atoms with Crippen molar-refractivity contribution in [3.63, 3.8) is 0 Å². The van der Waals surface area contributed by atoms with Crippen LogP contribution in [0.3, 0.4) is 0 Å². The smallest absolute Gasteiger partial charge is 0.0483 e. The summed E-state index contributed by atoms with van der Waals surface area (Å²) >= 11 is 0. The summed E-state index contributed by atoms with van der Waals surface area (Å²) in [5.41, 5.74) is 2.84. The van der Waals surface area contributed by atoms with Crippen LogP contribution in [-0.4, -0.2) is 4.57 Å². The van der Waals surface area contributed by atoms with Gasteiger partial charge in [-0.15, -0.1) is 0 Å². The SMILES string of the molecule is CC(C)Cn1cc(C(C)C)c2ccccc21. The Balaban J connectivity index is 2.57. The summed E-state index contributed by atoms with van der Waals surface area (Å²) in [6.07, 6.45) is 2.33. The first kappa shape index (κ1) is 11.3. The largest absolute Gasteiger partial charge is 0.347 e. The molecule has 0 radical (unpaired) electrons. The number of hydrogen-bond acceptors (Lipinski definition) is 0. The van der Waals surface area contributed by atoms with Crippen molar-refractivity contribution in [2.24, 2.45) is 5.92 Å². The molecule has 0 aliphatic heterocycles. The van der Waals surface area contributed by atoms with Crippen LogP contribution in [-0.2, 0) is 6.54 Å². The molecule has 0 atom stereocenters. The van der Waals surface area contributed by atoms with Crippen LogP contribution in [0.2, 0.25) is 0 Å². The molecular formula is C15H21N. The van der Waals surface area contributed by atoms with E-state index in [1.165, 1.54) is 16.5 Å². The highest BCUT2D eigenvalue weighted by molar-refractivity contribution is 5.84. The van der Waals surface area contributed by atoms with Crippen molar-refractivity contribution < 1.29 is 0 Å². The van der Waals surface area contributed by atoms with E-state index in [-0.39, 0.29) is 0 Å². The van der Waals surface area contributed by atoms with Crippen LogP contribution in [0.4, 0.5) is 0 Å². The molecule has 1 heterocycles. The van der Waals surface area contributed by atoms with Gasteiger partial charge >= 0.3 is 0 Å². The molecule has 0 spiro atoms. The predicted octanol–water partition coefficient (Wildman–Crippen LogP) is 4.42. The van der Waals surface area contributed by atoms with Crippen molar-refractivity contribution in [1.29, 1.82) is 0 Å². The molecule has 2 aromatic rings. The van der Waals surface area contributed by atoms with Crippen molar-refractivity contribution in [3.8, 4) is 0 Å². The Morgan fingerprint density at radius 1 is 1.06 bits per heavy atom. The summed E-state index contributed by atoms with van der Waals surface area (Å²) in [7, 11) is 0. The highest BCUT2D eigenvalue weighted by atomic mass is 15.0. The lowest BCUT2D eigenvalue weighted by atomic mass is 10.0. The van der Waals surface area contributed by atoms with E-state index in [4.69, 9.17) is 0 Å². The minimum absolute atomic E-state index is 0.596. The molecule has 0 saturated carbocycles. The third-order valence-electron chi connectivity index (χ3n) is 3.00. The van der Waals surface area contributed by atoms with Gasteiger partial charge in [-0.05, 0) is 23.5 Å². The first-order valence-electron chi connectivity index (χ1n) is 6.17. The second-order valence-electron chi connectivity index (χ2n) is 5.30. The topological polar surface area (TPSA) is 4.93 Å². The summed E-state index contributed by atoms with van der Waals surface area (Å²) < 4.78 is 2.40. The van der Waals surface area contributed by atoms with E-state index in [0.717, 1.165) is 6.54 Å². The lowest BCUT2D eigenvalue weighted by Gasteiger charge is -2.07. The van der Waals surface area contributed by atoms with Gasteiger partial charge in [0, 0.05) is 23.6 Å². The van der Waals surface area contributed by atoms with Crippen LogP contribution in [0.15, 0.2) is 30.5 Å². The Bertz CT molecular complexity index is 477. The molecule has 16 heavy (non-hydrogen) atoms. The quantitative estimate of drug-likeness (QED) is 0.714. The maximum absolute atomic E-state index is 2.40. The highest BCUT2D eigenvalue weighted by Gasteiger charge is 2.10.